The van der Waals surface area contributed by atoms with Crippen LogP contribution < -0.4 is 0 Å². The predicted octanol–water partition coefficient (Wildman–Crippen LogP) is 1.80. The van der Waals surface area contributed by atoms with Gasteiger partial charge in [0, 0.05) is 12.5 Å². The Labute approximate surface area is 112 Å². The van der Waals surface area contributed by atoms with Gasteiger partial charge in [-0.3, -0.25) is 9.59 Å². The lowest BCUT2D eigenvalue weighted by Crippen LogP contribution is -2.41. The van der Waals surface area contributed by atoms with E-state index >= 15 is 0 Å². The molecule has 1 rings (SSSR count). The molecule has 1 fully saturated rings. The van der Waals surface area contributed by atoms with Gasteiger partial charge in [-0.1, -0.05) is 12.5 Å². The smallest absolute Gasteiger partial charge is 0.330 e. The number of hydrogen-bond acceptors (Lipinski definition) is 5. The average molecular weight is 268 g/mol. The maximum absolute atomic E-state index is 12.1. The molecule has 0 aromatic rings. The Morgan fingerprint density at radius 1 is 1.21 bits per heavy atom. The van der Waals surface area contributed by atoms with E-state index in [9.17, 15) is 14.4 Å². The van der Waals surface area contributed by atoms with Crippen molar-refractivity contribution in [2.75, 3.05) is 13.2 Å². The Kier molecular flexibility index (Phi) is 5.73. The van der Waals surface area contributed by atoms with Crippen LogP contribution in [-0.2, 0) is 23.9 Å². The summed E-state index contributed by atoms with van der Waals surface area (Å²) in [6.45, 7) is 3.84. The van der Waals surface area contributed by atoms with Crippen molar-refractivity contribution in [3.63, 3.8) is 0 Å². The summed E-state index contributed by atoms with van der Waals surface area (Å²) >= 11 is 0. The van der Waals surface area contributed by atoms with E-state index in [4.69, 9.17) is 9.47 Å². The van der Waals surface area contributed by atoms with Crippen LogP contribution in [0.1, 0.15) is 39.5 Å². The molecule has 19 heavy (non-hydrogen) atoms. The standard InChI is InChI=1S/C14H20O5/c1-3-18-12(16)8-10-14(13(17)19-4-2)9-6-5-7-11(14)15/h8,10H,3-7,9H2,1-2H3/b10-8+. The van der Waals surface area contributed by atoms with Crippen molar-refractivity contribution in [2.24, 2.45) is 5.41 Å². The molecule has 1 saturated carbocycles. The quantitative estimate of drug-likeness (QED) is 0.432. The lowest BCUT2D eigenvalue weighted by molar-refractivity contribution is -0.158. The first kappa shape index (κ1) is 15.4. The van der Waals surface area contributed by atoms with Gasteiger partial charge >= 0.3 is 11.9 Å². The lowest BCUT2D eigenvalue weighted by Gasteiger charge is -2.30. The van der Waals surface area contributed by atoms with Crippen LogP contribution in [0.2, 0.25) is 0 Å². The Hall–Kier alpha value is -1.65. The number of Topliss-reactive ketones (excluding diaryl/α,β-unsaturated/α-hetero) is 1. The van der Waals surface area contributed by atoms with Crippen LogP contribution >= 0.6 is 0 Å². The molecule has 0 heterocycles. The van der Waals surface area contributed by atoms with Crippen LogP contribution in [0.4, 0.5) is 0 Å². The first-order chi connectivity index (χ1) is 9.06. The minimum absolute atomic E-state index is 0.183. The van der Waals surface area contributed by atoms with Gasteiger partial charge in [0.05, 0.1) is 13.2 Å². The fraction of sp³-hybridized carbons (Fsp3) is 0.643. The number of rotatable bonds is 5. The highest BCUT2D eigenvalue weighted by molar-refractivity contribution is 6.07. The summed E-state index contributed by atoms with van der Waals surface area (Å²) in [6.07, 6.45) is 4.77. The molecule has 0 bridgehead atoms. The van der Waals surface area contributed by atoms with Crippen molar-refractivity contribution >= 4 is 17.7 Å². The zero-order chi connectivity index (χ0) is 14.3. The SMILES string of the molecule is CCOC(=O)/C=C/C1(C(=O)OCC)CCCCC1=O. The van der Waals surface area contributed by atoms with E-state index < -0.39 is 17.4 Å². The van der Waals surface area contributed by atoms with E-state index in [0.717, 1.165) is 18.9 Å². The van der Waals surface area contributed by atoms with Gasteiger partial charge in [0.2, 0.25) is 0 Å². The van der Waals surface area contributed by atoms with Crippen LogP contribution in [0.3, 0.4) is 0 Å². The highest BCUT2D eigenvalue weighted by Gasteiger charge is 2.45. The molecule has 1 aliphatic carbocycles. The summed E-state index contributed by atoms with van der Waals surface area (Å²) in [7, 11) is 0. The minimum Gasteiger partial charge on any atom is -0.465 e. The van der Waals surface area contributed by atoms with Crippen LogP contribution in [0, 0.1) is 5.41 Å². The highest BCUT2D eigenvalue weighted by Crippen LogP contribution is 2.36. The molecule has 0 spiro atoms. The van der Waals surface area contributed by atoms with Gasteiger partial charge in [-0.2, -0.15) is 0 Å². The number of carbonyl (C=O) groups excluding carboxylic acids is 3. The fourth-order valence-corrected chi connectivity index (χ4v) is 2.17. The van der Waals surface area contributed by atoms with Gasteiger partial charge in [-0.05, 0) is 26.7 Å². The van der Waals surface area contributed by atoms with E-state index in [1.54, 1.807) is 13.8 Å². The summed E-state index contributed by atoms with van der Waals surface area (Å²) in [5.74, 6) is -1.30. The van der Waals surface area contributed by atoms with Gasteiger partial charge < -0.3 is 9.47 Å². The predicted molar refractivity (Wildman–Crippen MR) is 68.3 cm³/mol. The van der Waals surface area contributed by atoms with Crippen LogP contribution in [0.5, 0.6) is 0 Å². The first-order valence-electron chi connectivity index (χ1n) is 6.63. The second-order valence-corrected chi connectivity index (χ2v) is 4.41. The average Bonchev–Trinajstić information content (AvgIpc) is 2.38. The molecule has 106 valence electrons. The number of hydrogen-bond donors (Lipinski definition) is 0. The molecule has 0 radical (unpaired) electrons. The van der Waals surface area contributed by atoms with E-state index in [0.29, 0.717) is 12.8 Å². The topological polar surface area (TPSA) is 69.7 Å². The third-order valence-electron chi connectivity index (χ3n) is 3.15. The summed E-state index contributed by atoms with van der Waals surface area (Å²) < 4.78 is 9.75. The van der Waals surface area contributed by atoms with Crippen molar-refractivity contribution in [2.45, 2.75) is 39.5 Å². The maximum atomic E-state index is 12.1. The number of ketones is 1. The first-order valence-corrected chi connectivity index (χ1v) is 6.63. The molecule has 0 amide bonds. The largest absolute Gasteiger partial charge is 0.465 e. The Morgan fingerprint density at radius 3 is 2.47 bits per heavy atom. The van der Waals surface area contributed by atoms with Gasteiger partial charge in [-0.15, -0.1) is 0 Å². The lowest BCUT2D eigenvalue weighted by atomic mass is 9.72. The molecule has 0 N–H and O–H groups in total. The second-order valence-electron chi connectivity index (χ2n) is 4.41. The molecule has 0 aromatic heterocycles. The maximum Gasteiger partial charge on any atom is 0.330 e. The number of esters is 2. The van der Waals surface area contributed by atoms with Gasteiger partial charge in [0.1, 0.15) is 5.41 Å². The molecule has 0 saturated heterocycles. The zero-order valence-corrected chi connectivity index (χ0v) is 11.4. The Bertz CT molecular complexity index is 385. The van der Waals surface area contributed by atoms with Gasteiger partial charge in [0.15, 0.2) is 5.78 Å². The van der Waals surface area contributed by atoms with Crippen molar-refractivity contribution in [3.8, 4) is 0 Å². The van der Waals surface area contributed by atoms with Crippen molar-refractivity contribution in [1.82, 2.24) is 0 Å². The second kappa shape index (κ2) is 7.07. The normalized spacial score (nSPS) is 23.4. The molecule has 1 aliphatic rings. The van der Waals surface area contributed by atoms with E-state index in [-0.39, 0.29) is 19.0 Å². The van der Waals surface area contributed by atoms with Crippen molar-refractivity contribution in [1.29, 1.82) is 0 Å². The molecule has 1 unspecified atom stereocenters. The number of ether oxygens (including phenoxy) is 2. The zero-order valence-electron chi connectivity index (χ0n) is 11.4. The summed E-state index contributed by atoms with van der Waals surface area (Å²) in [6, 6.07) is 0. The highest BCUT2D eigenvalue weighted by atomic mass is 16.5. The van der Waals surface area contributed by atoms with Gasteiger partial charge in [0.25, 0.3) is 0 Å². The molecule has 1 atom stereocenters. The fourth-order valence-electron chi connectivity index (χ4n) is 2.17. The molecule has 5 heteroatoms. The minimum atomic E-state index is -1.30. The molecule has 5 nitrogen and oxygen atoms in total. The third-order valence-corrected chi connectivity index (χ3v) is 3.15. The monoisotopic (exact) mass is 268 g/mol. The van der Waals surface area contributed by atoms with Crippen molar-refractivity contribution in [3.05, 3.63) is 12.2 Å². The molecule has 0 aliphatic heterocycles. The summed E-state index contributed by atoms with van der Waals surface area (Å²) in [5.41, 5.74) is -1.30. The van der Waals surface area contributed by atoms with E-state index in [1.807, 2.05) is 0 Å². The van der Waals surface area contributed by atoms with Gasteiger partial charge in [-0.25, -0.2) is 4.79 Å². The number of carbonyl (C=O) groups is 3. The molecular formula is C14H20O5. The molecule has 0 aromatic carbocycles. The third kappa shape index (κ3) is 3.66. The Morgan fingerprint density at radius 2 is 1.89 bits per heavy atom. The van der Waals surface area contributed by atoms with Crippen LogP contribution in [0.15, 0.2) is 12.2 Å². The van der Waals surface area contributed by atoms with Crippen molar-refractivity contribution < 1.29 is 23.9 Å². The van der Waals surface area contributed by atoms with E-state index in [1.165, 1.54) is 6.08 Å². The van der Waals surface area contributed by atoms with Crippen LogP contribution in [-0.4, -0.2) is 30.9 Å². The van der Waals surface area contributed by atoms with E-state index in [2.05, 4.69) is 0 Å². The summed E-state index contributed by atoms with van der Waals surface area (Å²) in [4.78, 5) is 35.5. The molecular weight excluding hydrogens is 248 g/mol. The summed E-state index contributed by atoms with van der Waals surface area (Å²) in [5, 5.41) is 0. The Balaban J connectivity index is 2.95. The van der Waals surface area contributed by atoms with Crippen LogP contribution in [0.25, 0.3) is 0 Å².